The summed E-state index contributed by atoms with van der Waals surface area (Å²) in [6, 6.07) is 0.467. The van der Waals surface area contributed by atoms with Gasteiger partial charge in [-0.3, -0.25) is 4.90 Å². The molecule has 2 heterocycles. The van der Waals surface area contributed by atoms with E-state index in [2.05, 4.69) is 38.0 Å². The number of likely N-dealkylation sites (tertiary alicyclic amines) is 1. The maximum absolute atomic E-state index is 4.72. The Bertz CT molecular complexity index is 386. The number of nitrogens with one attached hydrogen (secondary N) is 1. The molecule has 0 spiro atoms. The molecule has 1 saturated heterocycles. The molecular formula is C14H25N3S. The third kappa shape index (κ3) is 3.11. The lowest BCUT2D eigenvalue weighted by molar-refractivity contribution is 0.129. The first-order valence-electron chi connectivity index (χ1n) is 6.94. The molecule has 1 aromatic heterocycles. The van der Waals surface area contributed by atoms with Gasteiger partial charge in [-0.2, -0.15) is 0 Å². The molecule has 2 unspecified atom stereocenters. The van der Waals surface area contributed by atoms with Gasteiger partial charge in [0.05, 0.1) is 16.7 Å². The van der Waals surface area contributed by atoms with Crippen molar-refractivity contribution in [3.8, 4) is 0 Å². The molecule has 2 atom stereocenters. The quantitative estimate of drug-likeness (QED) is 0.909. The van der Waals surface area contributed by atoms with Gasteiger partial charge in [-0.1, -0.05) is 0 Å². The highest BCUT2D eigenvalue weighted by molar-refractivity contribution is 7.11. The zero-order valence-electron chi connectivity index (χ0n) is 12.0. The van der Waals surface area contributed by atoms with Gasteiger partial charge in [-0.15, -0.1) is 11.3 Å². The van der Waals surface area contributed by atoms with E-state index in [1.54, 1.807) is 0 Å². The molecular weight excluding hydrogens is 242 g/mol. The Labute approximate surface area is 115 Å². The van der Waals surface area contributed by atoms with Gasteiger partial charge in [0.1, 0.15) is 0 Å². The smallest absolute Gasteiger partial charge is 0.0900 e. The van der Waals surface area contributed by atoms with E-state index in [0.29, 0.717) is 6.04 Å². The van der Waals surface area contributed by atoms with Crippen LogP contribution in [0.15, 0.2) is 0 Å². The van der Waals surface area contributed by atoms with Crippen molar-refractivity contribution in [3.05, 3.63) is 15.6 Å². The van der Waals surface area contributed by atoms with Crippen molar-refractivity contribution in [2.75, 3.05) is 26.7 Å². The van der Waals surface area contributed by atoms with Crippen LogP contribution >= 0.6 is 11.3 Å². The lowest BCUT2D eigenvalue weighted by Crippen LogP contribution is -2.40. The van der Waals surface area contributed by atoms with E-state index in [9.17, 15) is 0 Å². The van der Waals surface area contributed by atoms with Crippen LogP contribution in [0.2, 0.25) is 0 Å². The number of aryl methyl sites for hydroxylation is 2. The summed E-state index contributed by atoms with van der Waals surface area (Å²) in [7, 11) is 2.05. The topological polar surface area (TPSA) is 28.2 Å². The van der Waals surface area contributed by atoms with E-state index in [1.165, 1.54) is 41.5 Å². The summed E-state index contributed by atoms with van der Waals surface area (Å²) in [5, 5.41) is 4.50. The Morgan fingerprint density at radius 3 is 2.89 bits per heavy atom. The van der Waals surface area contributed by atoms with Gasteiger partial charge in [-0.05, 0) is 59.7 Å². The fraction of sp³-hybridized carbons (Fsp3) is 0.786. The highest BCUT2D eigenvalue weighted by atomic mass is 32.1. The van der Waals surface area contributed by atoms with Crippen molar-refractivity contribution in [2.45, 2.75) is 39.7 Å². The van der Waals surface area contributed by atoms with Gasteiger partial charge >= 0.3 is 0 Å². The largest absolute Gasteiger partial charge is 0.319 e. The summed E-state index contributed by atoms with van der Waals surface area (Å²) < 4.78 is 0. The molecule has 1 aliphatic heterocycles. The predicted octanol–water partition coefficient (Wildman–Crippen LogP) is 2.75. The third-order valence-electron chi connectivity index (χ3n) is 3.93. The van der Waals surface area contributed by atoms with E-state index < -0.39 is 0 Å². The Morgan fingerprint density at radius 2 is 2.28 bits per heavy atom. The average molecular weight is 267 g/mol. The number of thiazole rings is 1. The van der Waals surface area contributed by atoms with Crippen molar-refractivity contribution in [1.82, 2.24) is 15.2 Å². The molecule has 0 bridgehead atoms. The molecule has 0 radical (unpaired) electrons. The summed E-state index contributed by atoms with van der Waals surface area (Å²) in [5.74, 6) is 0.797. The van der Waals surface area contributed by atoms with Crippen LogP contribution in [0.4, 0.5) is 0 Å². The second kappa shape index (κ2) is 6.13. The maximum atomic E-state index is 4.72. The van der Waals surface area contributed by atoms with Crippen molar-refractivity contribution in [3.63, 3.8) is 0 Å². The molecule has 18 heavy (non-hydrogen) atoms. The lowest BCUT2D eigenvalue weighted by Gasteiger charge is -2.36. The molecule has 0 amide bonds. The van der Waals surface area contributed by atoms with Crippen molar-refractivity contribution < 1.29 is 0 Å². The first-order chi connectivity index (χ1) is 8.61. The van der Waals surface area contributed by atoms with E-state index in [-0.39, 0.29) is 0 Å². The molecule has 0 aliphatic carbocycles. The minimum atomic E-state index is 0.467. The minimum Gasteiger partial charge on any atom is -0.319 e. The number of hydrogen-bond donors (Lipinski definition) is 1. The van der Waals surface area contributed by atoms with E-state index in [4.69, 9.17) is 4.98 Å². The monoisotopic (exact) mass is 267 g/mol. The predicted molar refractivity (Wildman–Crippen MR) is 78.2 cm³/mol. The Balaban J connectivity index is 2.04. The molecule has 1 aromatic rings. The molecule has 1 N–H and O–H groups in total. The fourth-order valence-electron chi connectivity index (χ4n) is 3.01. The van der Waals surface area contributed by atoms with Crippen molar-refractivity contribution in [1.29, 1.82) is 0 Å². The normalized spacial score (nSPS) is 23.2. The number of hydrogen-bond acceptors (Lipinski definition) is 4. The van der Waals surface area contributed by atoms with Crippen LogP contribution in [0.25, 0.3) is 0 Å². The van der Waals surface area contributed by atoms with Crippen LogP contribution in [-0.2, 0) is 0 Å². The number of piperidine rings is 1. The SMILES string of the molecule is CNCC1CCCN(C(C)c2nc(C)sc2C)C1. The molecule has 102 valence electrons. The molecule has 4 heteroatoms. The van der Waals surface area contributed by atoms with Crippen molar-refractivity contribution in [2.24, 2.45) is 5.92 Å². The zero-order valence-corrected chi connectivity index (χ0v) is 12.8. The summed E-state index contributed by atoms with van der Waals surface area (Å²) >= 11 is 1.82. The van der Waals surface area contributed by atoms with Gasteiger partial charge in [-0.25, -0.2) is 4.98 Å². The molecule has 2 rings (SSSR count). The molecule has 0 saturated carbocycles. The average Bonchev–Trinajstić information content (AvgIpc) is 2.68. The summed E-state index contributed by atoms with van der Waals surface area (Å²) in [6.45, 7) is 10.2. The highest BCUT2D eigenvalue weighted by Crippen LogP contribution is 2.30. The summed E-state index contributed by atoms with van der Waals surface area (Å²) in [6.07, 6.45) is 2.68. The number of nitrogens with zero attached hydrogens (tertiary/aromatic N) is 2. The number of aromatic nitrogens is 1. The highest BCUT2D eigenvalue weighted by Gasteiger charge is 2.26. The molecule has 3 nitrogen and oxygen atoms in total. The van der Waals surface area contributed by atoms with Gasteiger partial charge in [0.2, 0.25) is 0 Å². The van der Waals surface area contributed by atoms with Crippen LogP contribution in [0.1, 0.15) is 41.4 Å². The van der Waals surface area contributed by atoms with Crippen LogP contribution in [0.5, 0.6) is 0 Å². The van der Waals surface area contributed by atoms with Crippen LogP contribution in [0.3, 0.4) is 0 Å². The van der Waals surface area contributed by atoms with E-state index >= 15 is 0 Å². The second-order valence-corrected chi connectivity index (χ2v) is 6.82. The fourth-order valence-corrected chi connectivity index (χ4v) is 3.92. The summed E-state index contributed by atoms with van der Waals surface area (Å²) in [4.78, 5) is 8.71. The second-order valence-electron chi connectivity index (χ2n) is 5.41. The van der Waals surface area contributed by atoms with Crippen LogP contribution in [-0.4, -0.2) is 36.6 Å². The minimum absolute atomic E-state index is 0.467. The van der Waals surface area contributed by atoms with Gasteiger partial charge in [0.15, 0.2) is 0 Å². The Morgan fingerprint density at radius 1 is 1.50 bits per heavy atom. The van der Waals surface area contributed by atoms with Gasteiger partial charge in [0, 0.05) is 11.4 Å². The van der Waals surface area contributed by atoms with Gasteiger partial charge < -0.3 is 5.32 Å². The van der Waals surface area contributed by atoms with Crippen molar-refractivity contribution >= 4 is 11.3 Å². The van der Waals surface area contributed by atoms with Gasteiger partial charge in [0.25, 0.3) is 0 Å². The standard InChI is InChI=1S/C14H25N3S/c1-10(14-11(2)18-12(3)16-14)17-7-5-6-13(9-17)8-15-4/h10,13,15H,5-9H2,1-4H3. The van der Waals surface area contributed by atoms with Crippen LogP contribution in [0, 0.1) is 19.8 Å². The Hall–Kier alpha value is -0.450. The van der Waals surface area contributed by atoms with E-state index in [1.807, 2.05) is 11.3 Å². The van der Waals surface area contributed by atoms with E-state index in [0.717, 1.165) is 12.5 Å². The van der Waals surface area contributed by atoms with Crippen LogP contribution < -0.4 is 5.32 Å². The first kappa shape index (κ1) is 14.0. The zero-order chi connectivity index (χ0) is 13.1. The lowest BCUT2D eigenvalue weighted by atomic mass is 9.96. The Kier molecular flexibility index (Phi) is 4.76. The number of rotatable bonds is 4. The molecule has 1 fully saturated rings. The molecule has 1 aliphatic rings. The first-order valence-corrected chi connectivity index (χ1v) is 7.76. The third-order valence-corrected chi connectivity index (χ3v) is 4.83. The maximum Gasteiger partial charge on any atom is 0.0900 e. The molecule has 0 aromatic carbocycles. The summed E-state index contributed by atoms with van der Waals surface area (Å²) in [5.41, 5.74) is 1.29.